The summed E-state index contributed by atoms with van der Waals surface area (Å²) < 4.78 is 25.9. The highest BCUT2D eigenvalue weighted by molar-refractivity contribution is 6.74. The molecule has 0 radical (unpaired) electrons. The zero-order chi connectivity index (χ0) is 35.8. The van der Waals surface area contributed by atoms with Crippen LogP contribution in [0.3, 0.4) is 0 Å². The van der Waals surface area contributed by atoms with E-state index in [4.69, 9.17) is 18.3 Å². The first-order valence-electron chi connectivity index (χ1n) is 18.3. The first-order chi connectivity index (χ1) is 21.3. The number of carbonyl (C=O) groups excluding carboxylic acids is 1. The normalized spacial score (nSPS) is 28.8. The summed E-state index contributed by atoms with van der Waals surface area (Å²) in [6.07, 6.45) is 14.1. The molecule has 0 aliphatic heterocycles. The molecule has 0 N–H and O–H groups in total. The lowest BCUT2D eigenvalue weighted by Crippen LogP contribution is -2.49. The molecule has 0 bridgehead atoms. The third-order valence-corrected chi connectivity index (χ3v) is 21.5. The van der Waals surface area contributed by atoms with Crippen LogP contribution in [-0.2, 0) is 23.1 Å². The highest BCUT2D eigenvalue weighted by atomic mass is 28.4. The molecule has 7 heteroatoms. The van der Waals surface area contributed by atoms with Gasteiger partial charge in [-0.25, -0.2) is 4.79 Å². The molecule has 1 unspecified atom stereocenters. The van der Waals surface area contributed by atoms with Gasteiger partial charge in [-0.1, -0.05) is 85.8 Å². The fourth-order valence-electron chi connectivity index (χ4n) is 6.94. The number of hydrogen-bond donors (Lipinski definition) is 0. The van der Waals surface area contributed by atoms with Gasteiger partial charge in [-0.15, -0.1) is 0 Å². The summed E-state index contributed by atoms with van der Waals surface area (Å²) >= 11 is 0. The van der Waals surface area contributed by atoms with Gasteiger partial charge in [0.25, 0.3) is 0 Å². The van der Waals surface area contributed by atoms with Gasteiger partial charge in [0.1, 0.15) is 12.2 Å². The zero-order valence-electron chi connectivity index (χ0n) is 32.9. The van der Waals surface area contributed by atoms with Gasteiger partial charge in [-0.05, 0) is 124 Å². The Kier molecular flexibility index (Phi) is 12.4. The standard InChI is InChI=1S/C40H70O5Si2/c1-17-39(10,11)43-36(41)27-42-29(3)33-22-23-34-30(19-18-24-40(33,34)12)20-21-31-25-32(44-46(13,14)37(4,5)6)26-35(28(31)2)45-47(15,16)38(7,8)9/h20-22,29,32,34-35H,2,17-19,23-27H2,1,3-16H3/b30-20+,31-21-/t29?,32-,34+,35+,40-/m1/s1. The van der Waals surface area contributed by atoms with Crippen molar-refractivity contribution in [1.29, 1.82) is 0 Å². The second-order valence-corrected chi connectivity index (χ2v) is 28.0. The van der Waals surface area contributed by atoms with Crippen LogP contribution >= 0.6 is 0 Å². The maximum absolute atomic E-state index is 12.5. The van der Waals surface area contributed by atoms with E-state index in [9.17, 15) is 4.79 Å². The molecule has 0 aromatic carbocycles. The van der Waals surface area contributed by atoms with Crippen LogP contribution in [0.1, 0.15) is 121 Å². The van der Waals surface area contributed by atoms with E-state index in [1.807, 2.05) is 20.8 Å². The summed E-state index contributed by atoms with van der Waals surface area (Å²) in [4.78, 5) is 12.5. The maximum Gasteiger partial charge on any atom is 0.332 e. The van der Waals surface area contributed by atoms with Gasteiger partial charge < -0.3 is 18.3 Å². The first-order valence-corrected chi connectivity index (χ1v) is 24.1. The summed E-state index contributed by atoms with van der Waals surface area (Å²) in [7, 11) is -3.98. The first kappa shape index (κ1) is 40.2. The Hall–Kier alpha value is -1.26. The largest absolute Gasteiger partial charge is 0.458 e. The van der Waals surface area contributed by atoms with Gasteiger partial charge in [0.15, 0.2) is 16.6 Å². The third kappa shape index (κ3) is 9.50. The predicted octanol–water partition coefficient (Wildman–Crippen LogP) is 11.2. The van der Waals surface area contributed by atoms with Crippen LogP contribution in [0.15, 0.2) is 47.1 Å². The van der Waals surface area contributed by atoms with Crippen molar-refractivity contribution in [3.63, 3.8) is 0 Å². The van der Waals surface area contributed by atoms with Gasteiger partial charge in [0.2, 0.25) is 0 Å². The van der Waals surface area contributed by atoms with Crippen LogP contribution in [0.2, 0.25) is 36.3 Å². The van der Waals surface area contributed by atoms with E-state index in [-0.39, 0.29) is 46.4 Å². The fourth-order valence-corrected chi connectivity index (χ4v) is 9.61. The van der Waals surface area contributed by atoms with Crippen molar-refractivity contribution in [2.24, 2.45) is 11.3 Å². The van der Waals surface area contributed by atoms with Crippen molar-refractivity contribution < 1.29 is 23.1 Å². The topological polar surface area (TPSA) is 54.0 Å². The summed E-state index contributed by atoms with van der Waals surface area (Å²) in [6, 6.07) is 0. The van der Waals surface area contributed by atoms with Gasteiger partial charge >= 0.3 is 5.97 Å². The van der Waals surface area contributed by atoms with E-state index in [1.54, 1.807) is 0 Å². The minimum atomic E-state index is -2.01. The minimum Gasteiger partial charge on any atom is -0.458 e. The van der Waals surface area contributed by atoms with E-state index in [0.717, 1.165) is 50.5 Å². The van der Waals surface area contributed by atoms with E-state index in [1.165, 1.54) is 16.7 Å². The number of fused-ring (bicyclic) bond motifs is 1. The average molecular weight is 687 g/mol. The zero-order valence-corrected chi connectivity index (χ0v) is 34.9. The Bertz CT molecular complexity index is 1240. The van der Waals surface area contributed by atoms with Crippen molar-refractivity contribution in [2.45, 2.75) is 181 Å². The number of hydrogen-bond acceptors (Lipinski definition) is 5. The van der Waals surface area contributed by atoms with Gasteiger partial charge in [-0.3, -0.25) is 0 Å². The monoisotopic (exact) mass is 686 g/mol. The summed E-state index contributed by atoms with van der Waals surface area (Å²) in [5, 5.41) is 0.273. The molecule has 0 spiro atoms. The second kappa shape index (κ2) is 14.5. The van der Waals surface area contributed by atoms with Crippen LogP contribution < -0.4 is 0 Å². The van der Waals surface area contributed by atoms with E-state index in [0.29, 0.717) is 5.92 Å². The number of esters is 1. The van der Waals surface area contributed by atoms with Crippen LogP contribution in [0.5, 0.6) is 0 Å². The second-order valence-electron chi connectivity index (χ2n) is 18.5. The fraction of sp³-hybridized carbons (Fsp3) is 0.775. The minimum absolute atomic E-state index is 0.0180. The molecular weight excluding hydrogens is 617 g/mol. The van der Waals surface area contributed by atoms with Gasteiger partial charge in [-0.2, -0.15) is 0 Å². The van der Waals surface area contributed by atoms with Crippen LogP contribution in [-0.4, -0.2) is 53.1 Å². The van der Waals surface area contributed by atoms with E-state index >= 15 is 0 Å². The SMILES string of the molecule is C=C1/C(=C\C=C2/CCC[C@]3(C)C(C(C)OCC(=O)OC(C)(C)CC)=CC[C@@H]23)C[C@@H](O[Si](C)(C)C(C)(C)C)C[C@@H]1O[Si](C)(C)C(C)(C)C. The summed E-state index contributed by atoms with van der Waals surface area (Å²) in [6.45, 7) is 38.3. The molecule has 5 nitrogen and oxygen atoms in total. The van der Waals surface area contributed by atoms with Crippen molar-refractivity contribution >= 4 is 22.6 Å². The van der Waals surface area contributed by atoms with Crippen LogP contribution in [0.25, 0.3) is 0 Å². The third-order valence-electron chi connectivity index (χ3n) is 12.5. The highest BCUT2D eigenvalue weighted by Gasteiger charge is 2.47. The summed E-state index contributed by atoms with van der Waals surface area (Å²) in [5.41, 5.74) is 4.81. The number of ether oxygens (including phenoxy) is 2. The quantitative estimate of drug-likeness (QED) is 0.123. The molecule has 0 aromatic rings. The Morgan fingerprint density at radius 3 is 2.19 bits per heavy atom. The number of allylic oxidation sites excluding steroid dienone is 4. The lowest BCUT2D eigenvalue weighted by molar-refractivity contribution is -0.163. The van der Waals surface area contributed by atoms with E-state index < -0.39 is 22.2 Å². The molecule has 268 valence electrons. The molecule has 47 heavy (non-hydrogen) atoms. The van der Waals surface area contributed by atoms with Crippen molar-refractivity contribution in [1.82, 2.24) is 0 Å². The molecular formula is C40H70O5Si2. The molecule has 2 fully saturated rings. The molecule has 0 heterocycles. The molecule has 3 aliphatic carbocycles. The lowest BCUT2D eigenvalue weighted by atomic mass is 9.63. The highest BCUT2D eigenvalue weighted by Crippen LogP contribution is 2.56. The Morgan fingerprint density at radius 1 is 1.02 bits per heavy atom. The molecule has 0 aromatic heterocycles. The average Bonchev–Trinajstić information content (AvgIpc) is 3.28. The van der Waals surface area contributed by atoms with Gasteiger partial charge in [0.05, 0.1) is 18.3 Å². The van der Waals surface area contributed by atoms with Crippen molar-refractivity contribution in [2.75, 3.05) is 6.61 Å². The molecule has 3 aliphatic rings. The smallest absolute Gasteiger partial charge is 0.332 e. The Morgan fingerprint density at radius 2 is 1.62 bits per heavy atom. The molecule has 2 saturated carbocycles. The van der Waals surface area contributed by atoms with Crippen LogP contribution in [0.4, 0.5) is 0 Å². The Balaban J connectivity index is 1.84. The van der Waals surface area contributed by atoms with Crippen molar-refractivity contribution in [3.05, 3.63) is 47.1 Å². The Labute approximate surface area is 291 Å². The molecule has 5 atom stereocenters. The number of carbonyl (C=O) groups is 1. The molecule has 3 rings (SSSR count). The molecule has 0 saturated heterocycles. The number of rotatable bonds is 11. The van der Waals surface area contributed by atoms with Crippen molar-refractivity contribution in [3.8, 4) is 0 Å². The van der Waals surface area contributed by atoms with E-state index in [2.05, 4.69) is 106 Å². The summed E-state index contributed by atoms with van der Waals surface area (Å²) in [5.74, 6) is 0.148. The van der Waals surface area contributed by atoms with Crippen LogP contribution in [0, 0.1) is 11.3 Å². The predicted molar refractivity (Wildman–Crippen MR) is 203 cm³/mol. The maximum atomic E-state index is 12.5. The molecule has 0 amide bonds. The lowest BCUT2D eigenvalue weighted by Gasteiger charge is -2.45. The van der Waals surface area contributed by atoms with Gasteiger partial charge in [0, 0.05) is 6.42 Å².